The Morgan fingerprint density at radius 3 is 3.00 bits per heavy atom. The molecule has 0 atom stereocenters. The number of carbonyl (C=O) groups is 1. The largest absolute Gasteiger partial charge is 0.508 e. The molecule has 2 N–H and O–H groups in total. The molecule has 0 unspecified atom stereocenters. The first-order valence-corrected chi connectivity index (χ1v) is 5.99. The molecule has 1 aliphatic heterocycles. The van der Waals surface area contributed by atoms with Crippen LogP contribution in [0.4, 0.5) is 0 Å². The van der Waals surface area contributed by atoms with E-state index >= 15 is 0 Å². The van der Waals surface area contributed by atoms with Crippen molar-refractivity contribution in [2.45, 2.75) is 0 Å². The molecule has 0 spiro atoms. The zero-order chi connectivity index (χ0) is 12.8. The third kappa shape index (κ3) is 3.68. The number of ether oxygens (including phenoxy) is 1. The minimum atomic E-state index is -0.265. The van der Waals surface area contributed by atoms with E-state index < -0.39 is 0 Å². The summed E-state index contributed by atoms with van der Waals surface area (Å²) >= 11 is 0. The predicted molar refractivity (Wildman–Crippen MR) is 65.5 cm³/mol. The standard InChI is InChI=1S/C12H17N3O3/c16-10-1-2-13-11(9-10)12(17)14-3-4-15-5-7-18-8-6-15/h1-2,9H,3-8H2,(H,13,16)(H,14,17). The predicted octanol–water partition coefficient (Wildman–Crippen LogP) is -0.151. The number of morpholine rings is 1. The van der Waals surface area contributed by atoms with Crippen molar-refractivity contribution in [3.8, 4) is 5.75 Å². The first-order chi connectivity index (χ1) is 8.75. The molecular weight excluding hydrogens is 234 g/mol. The summed E-state index contributed by atoms with van der Waals surface area (Å²) in [7, 11) is 0. The van der Waals surface area contributed by atoms with Crippen LogP contribution in [0.15, 0.2) is 18.3 Å². The topological polar surface area (TPSA) is 74.7 Å². The van der Waals surface area contributed by atoms with Crippen molar-refractivity contribution in [2.24, 2.45) is 0 Å². The minimum Gasteiger partial charge on any atom is -0.508 e. The second-order valence-corrected chi connectivity index (χ2v) is 4.11. The van der Waals surface area contributed by atoms with E-state index in [1.165, 1.54) is 18.3 Å². The maximum atomic E-state index is 11.7. The Labute approximate surface area is 106 Å². The Balaban J connectivity index is 1.74. The van der Waals surface area contributed by atoms with Crippen LogP contribution in [0.1, 0.15) is 10.5 Å². The van der Waals surface area contributed by atoms with Gasteiger partial charge in [-0.2, -0.15) is 0 Å². The number of nitrogens with one attached hydrogen (secondary N) is 1. The number of pyridine rings is 1. The Kier molecular flexibility index (Phi) is 4.49. The van der Waals surface area contributed by atoms with Crippen LogP contribution < -0.4 is 5.32 Å². The van der Waals surface area contributed by atoms with Crippen molar-refractivity contribution in [3.05, 3.63) is 24.0 Å². The Morgan fingerprint density at radius 1 is 1.50 bits per heavy atom. The van der Waals surface area contributed by atoms with Gasteiger partial charge in [0.2, 0.25) is 0 Å². The molecule has 98 valence electrons. The second-order valence-electron chi connectivity index (χ2n) is 4.11. The van der Waals surface area contributed by atoms with Gasteiger partial charge in [-0.25, -0.2) is 0 Å². The summed E-state index contributed by atoms with van der Waals surface area (Å²) in [5, 5.41) is 12.0. The monoisotopic (exact) mass is 251 g/mol. The normalized spacial score (nSPS) is 16.4. The molecule has 1 aromatic heterocycles. The number of aromatic hydroxyl groups is 1. The molecule has 0 saturated carbocycles. The van der Waals surface area contributed by atoms with Crippen LogP contribution in [-0.2, 0) is 4.74 Å². The fourth-order valence-electron chi connectivity index (χ4n) is 1.79. The number of aromatic nitrogens is 1. The summed E-state index contributed by atoms with van der Waals surface area (Å²) < 4.78 is 5.24. The summed E-state index contributed by atoms with van der Waals surface area (Å²) in [6.45, 7) is 4.68. The van der Waals surface area contributed by atoms with E-state index in [-0.39, 0.29) is 17.4 Å². The number of rotatable bonds is 4. The summed E-state index contributed by atoms with van der Waals surface area (Å²) in [5.41, 5.74) is 0.233. The molecule has 1 saturated heterocycles. The van der Waals surface area contributed by atoms with E-state index in [0.29, 0.717) is 6.54 Å². The quantitative estimate of drug-likeness (QED) is 0.778. The van der Waals surface area contributed by atoms with Gasteiger partial charge in [-0.15, -0.1) is 0 Å². The average molecular weight is 251 g/mol. The smallest absolute Gasteiger partial charge is 0.270 e. The molecule has 0 bridgehead atoms. The summed E-state index contributed by atoms with van der Waals surface area (Å²) in [6.07, 6.45) is 1.41. The molecule has 1 amide bonds. The number of carbonyl (C=O) groups excluding carboxylic acids is 1. The lowest BCUT2D eigenvalue weighted by Crippen LogP contribution is -2.41. The van der Waals surface area contributed by atoms with Crippen LogP contribution in [0.25, 0.3) is 0 Å². The Hall–Kier alpha value is -1.66. The van der Waals surface area contributed by atoms with Crippen LogP contribution in [0, 0.1) is 0 Å². The number of hydrogen-bond acceptors (Lipinski definition) is 5. The van der Waals surface area contributed by atoms with E-state index in [1.807, 2.05) is 0 Å². The molecule has 2 heterocycles. The SMILES string of the molecule is O=C(NCCN1CCOCC1)c1cc(O)ccn1. The highest BCUT2D eigenvalue weighted by atomic mass is 16.5. The molecule has 6 heteroatoms. The van der Waals surface area contributed by atoms with Crippen molar-refractivity contribution in [1.82, 2.24) is 15.2 Å². The Morgan fingerprint density at radius 2 is 2.28 bits per heavy atom. The summed E-state index contributed by atoms with van der Waals surface area (Å²) in [4.78, 5) is 17.8. The van der Waals surface area contributed by atoms with Crippen LogP contribution >= 0.6 is 0 Å². The molecular formula is C12H17N3O3. The third-order valence-corrected chi connectivity index (χ3v) is 2.79. The van der Waals surface area contributed by atoms with Gasteiger partial charge in [0.15, 0.2) is 0 Å². The van der Waals surface area contributed by atoms with Gasteiger partial charge in [0.05, 0.1) is 13.2 Å². The molecule has 6 nitrogen and oxygen atoms in total. The van der Waals surface area contributed by atoms with Gasteiger partial charge < -0.3 is 15.2 Å². The van der Waals surface area contributed by atoms with Gasteiger partial charge in [-0.1, -0.05) is 0 Å². The molecule has 18 heavy (non-hydrogen) atoms. The van der Waals surface area contributed by atoms with Gasteiger partial charge in [-0.3, -0.25) is 14.7 Å². The lowest BCUT2D eigenvalue weighted by atomic mass is 10.3. The van der Waals surface area contributed by atoms with Gasteiger partial charge >= 0.3 is 0 Å². The van der Waals surface area contributed by atoms with Crippen LogP contribution in [0.5, 0.6) is 5.75 Å². The summed E-state index contributed by atoms with van der Waals surface area (Å²) in [5.74, 6) is -0.220. The van der Waals surface area contributed by atoms with E-state index in [4.69, 9.17) is 4.74 Å². The molecule has 1 aliphatic rings. The van der Waals surface area contributed by atoms with Crippen molar-refractivity contribution in [1.29, 1.82) is 0 Å². The van der Waals surface area contributed by atoms with E-state index in [0.717, 1.165) is 32.8 Å². The zero-order valence-corrected chi connectivity index (χ0v) is 10.1. The fraction of sp³-hybridized carbons (Fsp3) is 0.500. The molecule has 0 aromatic carbocycles. The van der Waals surface area contributed by atoms with Crippen molar-refractivity contribution in [3.63, 3.8) is 0 Å². The first-order valence-electron chi connectivity index (χ1n) is 5.99. The highest BCUT2D eigenvalue weighted by molar-refractivity contribution is 5.92. The van der Waals surface area contributed by atoms with E-state index in [9.17, 15) is 9.90 Å². The van der Waals surface area contributed by atoms with E-state index in [2.05, 4.69) is 15.2 Å². The lowest BCUT2D eigenvalue weighted by Gasteiger charge is -2.26. The molecule has 2 rings (SSSR count). The summed E-state index contributed by atoms with van der Waals surface area (Å²) in [6, 6.07) is 2.79. The first kappa shape index (κ1) is 12.8. The maximum Gasteiger partial charge on any atom is 0.270 e. The second kappa shape index (κ2) is 6.32. The minimum absolute atomic E-state index is 0.0447. The van der Waals surface area contributed by atoms with Gasteiger partial charge in [-0.05, 0) is 6.07 Å². The van der Waals surface area contributed by atoms with Crippen LogP contribution in [0.2, 0.25) is 0 Å². The number of amides is 1. The molecule has 0 aliphatic carbocycles. The molecule has 1 fully saturated rings. The maximum absolute atomic E-state index is 11.7. The fourth-order valence-corrected chi connectivity index (χ4v) is 1.79. The third-order valence-electron chi connectivity index (χ3n) is 2.79. The van der Waals surface area contributed by atoms with Crippen LogP contribution in [-0.4, -0.2) is 60.3 Å². The highest BCUT2D eigenvalue weighted by Crippen LogP contribution is 2.07. The van der Waals surface area contributed by atoms with Gasteiger partial charge in [0.25, 0.3) is 5.91 Å². The van der Waals surface area contributed by atoms with Crippen molar-refractivity contribution >= 4 is 5.91 Å². The number of nitrogens with zero attached hydrogens (tertiary/aromatic N) is 2. The van der Waals surface area contributed by atoms with Crippen molar-refractivity contribution in [2.75, 3.05) is 39.4 Å². The Bertz CT molecular complexity index is 405. The average Bonchev–Trinajstić information content (AvgIpc) is 2.40. The van der Waals surface area contributed by atoms with E-state index in [1.54, 1.807) is 0 Å². The number of hydrogen-bond donors (Lipinski definition) is 2. The van der Waals surface area contributed by atoms with Gasteiger partial charge in [0.1, 0.15) is 11.4 Å². The molecule has 0 radical (unpaired) electrons. The highest BCUT2D eigenvalue weighted by Gasteiger charge is 2.11. The zero-order valence-electron chi connectivity index (χ0n) is 10.1. The van der Waals surface area contributed by atoms with Gasteiger partial charge in [0, 0.05) is 38.4 Å². The van der Waals surface area contributed by atoms with Crippen molar-refractivity contribution < 1.29 is 14.6 Å². The van der Waals surface area contributed by atoms with Crippen LogP contribution in [0.3, 0.4) is 0 Å². The lowest BCUT2D eigenvalue weighted by molar-refractivity contribution is 0.0383. The molecule has 1 aromatic rings.